The van der Waals surface area contributed by atoms with Gasteiger partial charge in [-0.3, -0.25) is 0 Å². The van der Waals surface area contributed by atoms with E-state index in [1.54, 1.807) is 14.2 Å². The van der Waals surface area contributed by atoms with Gasteiger partial charge in [0, 0.05) is 11.8 Å². The van der Waals surface area contributed by atoms with Gasteiger partial charge in [0.15, 0.2) is 11.5 Å². The highest BCUT2D eigenvalue weighted by Gasteiger charge is 2.26. The van der Waals surface area contributed by atoms with E-state index in [4.69, 9.17) is 9.47 Å². The van der Waals surface area contributed by atoms with Gasteiger partial charge in [0.1, 0.15) is 0 Å². The third-order valence-corrected chi connectivity index (χ3v) is 5.08. The third kappa shape index (κ3) is 3.23. The highest BCUT2D eigenvalue weighted by atomic mass is 32.2. The first-order valence-corrected chi connectivity index (χ1v) is 8.42. The number of nitrogens with one attached hydrogen (secondary N) is 1. The number of thioether (sulfide) groups is 1. The van der Waals surface area contributed by atoms with E-state index in [1.807, 2.05) is 11.8 Å². The van der Waals surface area contributed by atoms with Crippen LogP contribution < -0.4 is 14.8 Å². The number of hydrogen-bond donors (Lipinski definition) is 1. The van der Waals surface area contributed by atoms with Crippen molar-refractivity contribution in [2.24, 2.45) is 5.92 Å². The van der Waals surface area contributed by atoms with Crippen molar-refractivity contribution < 1.29 is 9.47 Å². The van der Waals surface area contributed by atoms with Crippen LogP contribution in [0.4, 0.5) is 0 Å². The molecule has 0 radical (unpaired) electrons. The van der Waals surface area contributed by atoms with E-state index in [-0.39, 0.29) is 0 Å². The summed E-state index contributed by atoms with van der Waals surface area (Å²) in [5.41, 5.74) is 2.74. The molecule has 2 atom stereocenters. The highest BCUT2D eigenvalue weighted by Crippen LogP contribution is 2.40. The Morgan fingerprint density at radius 3 is 2.60 bits per heavy atom. The van der Waals surface area contributed by atoms with Crippen LogP contribution in [0.15, 0.2) is 12.1 Å². The van der Waals surface area contributed by atoms with Gasteiger partial charge in [-0.25, -0.2) is 0 Å². The predicted octanol–water partition coefficient (Wildman–Crippen LogP) is 3.63. The normalized spacial score (nSPS) is 22.0. The zero-order chi connectivity index (χ0) is 14.5. The van der Waals surface area contributed by atoms with Crippen molar-refractivity contribution in [2.45, 2.75) is 32.1 Å². The standard InChI is InChI=1S/C16H25NO2S/c1-5-6-17-16-11(2)9-20-10-12-7-14(18-3)15(19-4)8-13(12)16/h7-8,11,16-17H,5-6,9-10H2,1-4H3. The largest absolute Gasteiger partial charge is 0.493 e. The Balaban J connectivity index is 2.41. The molecule has 20 heavy (non-hydrogen) atoms. The minimum absolute atomic E-state index is 0.403. The number of ether oxygens (including phenoxy) is 2. The highest BCUT2D eigenvalue weighted by molar-refractivity contribution is 7.98. The first-order valence-electron chi connectivity index (χ1n) is 7.27. The topological polar surface area (TPSA) is 30.5 Å². The molecule has 4 heteroatoms. The van der Waals surface area contributed by atoms with Crippen molar-refractivity contribution in [2.75, 3.05) is 26.5 Å². The monoisotopic (exact) mass is 295 g/mol. The molecule has 1 aromatic carbocycles. The minimum atomic E-state index is 0.403. The first-order chi connectivity index (χ1) is 9.71. The lowest BCUT2D eigenvalue weighted by Crippen LogP contribution is -2.28. The summed E-state index contributed by atoms with van der Waals surface area (Å²) in [6.45, 7) is 5.58. The Bertz CT molecular complexity index is 450. The molecule has 1 aliphatic rings. The molecule has 0 amide bonds. The summed E-state index contributed by atoms with van der Waals surface area (Å²) in [4.78, 5) is 0. The minimum Gasteiger partial charge on any atom is -0.493 e. The molecular formula is C16H25NO2S. The maximum atomic E-state index is 5.47. The molecule has 1 heterocycles. The fourth-order valence-electron chi connectivity index (χ4n) is 2.72. The van der Waals surface area contributed by atoms with Gasteiger partial charge in [0.2, 0.25) is 0 Å². The zero-order valence-corrected chi connectivity index (χ0v) is 13.7. The van der Waals surface area contributed by atoms with Crippen molar-refractivity contribution in [1.82, 2.24) is 5.32 Å². The molecule has 2 unspecified atom stereocenters. The maximum absolute atomic E-state index is 5.47. The Hall–Kier alpha value is -0.870. The van der Waals surface area contributed by atoms with Crippen molar-refractivity contribution in [1.29, 1.82) is 0 Å². The van der Waals surface area contributed by atoms with Gasteiger partial charge in [0.05, 0.1) is 14.2 Å². The molecule has 0 fully saturated rings. The van der Waals surface area contributed by atoms with Crippen LogP contribution in [0.25, 0.3) is 0 Å². The number of rotatable bonds is 5. The van der Waals surface area contributed by atoms with E-state index < -0.39 is 0 Å². The SMILES string of the molecule is CCCNC1c2cc(OC)c(OC)cc2CSCC1C. The summed E-state index contributed by atoms with van der Waals surface area (Å²) in [7, 11) is 3.40. The Labute approximate surface area is 126 Å². The van der Waals surface area contributed by atoms with Crippen LogP contribution in [0.3, 0.4) is 0 Å². The maximum Gasteiger partial charge on any atom is 0.161 e. The molecule has 0 spiro atoms. The fraction of sp³-hybridized carbons (Fsp3) is 0.625. The second-order valence-electron chi connectivity index (χ2n) is 5.33. The van der Waals surface area contributed by atoms with E-state index in [0.29, 0.717) is 12.0 Å². The van der Waals surface area contributed by atoms with Gasteiger partial charge in [-0.2, -0.15) is 11.8 Å². The molecule has 1 aromatic rings. The zero-order valence-electron chi connectivity index (χ0n) is 12.9. The van der Waals surface area contributed by atoms with Gasteiger partial charge in [-0.15, -0.1) is 0 Å². The molecule has 1 aliphatic heterocycles. The van der Waals surface area contributed by atoms with Crippen LogP contribution >= 0.6 is 11.8 Å². The Morgan fingerprint density at radius 1 is 1.25 bits per heavy atom. The summed E-state index contributed by atoms with van der Waals surface area (Å²) in [5.74, 6) is 4.50. The number of methoxy groups -OCH3 is 2. The van der Waals surface area contributed by atoms with Crippen LogP contribution in [0, 0.1) is 5.92 Å². The summed E-state index contributed by atoms with van der Waals surface area (Å²) < 4.78 is 10.9. The van der Waals surface area contributed by atoms with Crippen LogP contribution in [-0.4, -0.2) is 26.5 Å². The molecule has 0 aromatic heterocycles. The van der Waals surface area contributed by atoms with Crippen LogP contribution in [0.5, 0.6) is 11.5 Å². The molecule has 112 valence electrons. The summed E-state index contributed by atoms with van der Waals surface area (Å²) in [6.07, 6.45) is 1.15. The van der Waals surface area contributed by atoms with Crippen molar-refractivity contribution >= 4 is 11.8 Å². The van der Waals surface area contributed by atoms with Crippen LogP contribution in [0.1, 0.15) is 37.4 Å². The van der Waals surface area contributed by atoms with Gasteiger partial charge < -0.3 is 14.8 Å². The van der Waals surface area contributed by atoms with Gasteiger partial charge >= 0.3 is 0 Å². The average Bonchev–Trinajstić information content (AvgIpc) is 2.62. The van der Waals surface area contributed by atoms with Gasteiger partial charge in [0.25, 0.3) is 0 Å². The lowest BCUT2D eigenvalue weighted by molar-refractivity contribution is 0.351. The van der Waals surface area contributed by atoms with Crippen molar-refractivity contribution in [3.05, 3.63) is 23.3 Å². The smallest absolute Gasteiger partial charge is 0.161 e. The molecular weight excluding hydrogens is 270 g/mol. The predicted molar refractivity (Wildman–Crippen MR) is 85.9 cm³/mol. The second-order valence-corrected chi connectivity index (χ2v) is 6.36. The van der Waals surface area contributed by atoms with Gasteiger partial charge in [-0.1, -0.05) is 13.8 Å². The first kappa shape index (κ1) is 15.5. The number of benzene rings is 1. The van der Waals surface area contributed by atoms with Crippen molar-refractivity contribution in [3.8, 4) is 11.5 Å². The van der Waals surface area contributed by atoms with Crippen molar-refractivity contribution in [3.63, 3.8) is 0 Å². The van der Waals surface area contributed by atoms with Crippen LogP contribution in [-0.2, 0) is 5.75 Å². The second kappa shape index (κ2) is 7.23. The van der Waals surface area contributed by atoms with E-state index in [1.165, 1.54) is 16.9 Å². The van der Waals surface area contributed by atoms with E-state index in [2.05, 4.69) is 31.3 Å². The van der Waals surface area contributed by atoms with E-state index >= 15 is 0 Å². The average molecular weight is 295 g/mol. The number of hydrogen-bond acceptors (Lipinski definition) is 4. The molecule has 1 N–H and O–H groups in total. The Morgan fingerprint density at radius 2 is 1.95 bits per heavy atom. The molecule has 3 nitrogen and oxygen atoms in total. The summed E-state index contributed by atoms with van der Waals surface area (Å²) in [6, 6.07) is 4.70. The van der Waals surface area contributed by atoms with E-state index in [0.717, 1.165) is 30.2 Å². The molecule has 0 aliphatic carbocycles. The summed E-state index contributed by atoms with van der Waals surface area (Å²) >= 11 is 2.00. The third-order valence-electron chi connectivity index (χ3n) is 3.80. The lowest BCUT2D eigenvalue weighted by atomic mass is 9.92. The Kier molecular flexibility index (Phi) is 5.61. The van der Waals surface area contributed by atoms with Gasteiger partial charge in [-0.05, 0) is 47.9 Å². The molecule has 0 saturated carbocycles. The molecule has 0 bridgehead atoms. The summed E-state index contributed by atoms with van der Waals surface area (Å²) in [5, 5.41) is 3.70. The quantitative estimate of drug-likeness (QED) is 0.898. The molecule has 2 rings (SSSR count). The lowest BCUT2D eigenvalue weighted by Gasteiger charge is -2.25. The molecule has 0 saturated heterocycles. The fourth-order valence-corrected chi connectivity index (χ4v) is 3.87. The number of fused-ring (bicyclic) bond motifs is 1. The van der Waals surface area contributed by atoms with E-state index in [9.17, 15) is 0 Å². The van der Waals surface area contributed by atoms with Crippen LogP contribution in [0.2, 0.25) is 0 Å².